The van der Waals surface area contributed by atoms with Gasteiger partial charge in [0.25, 0.3) is 0 Å². The molecule has 0 aliphatic heterocycles. The summed E-state index contributed by atoms with van der Waals surface area (Å²) in [7, 11) is 0. The number of rotatable bonds is 10. The van der Waals surface area contributed by atoms with Gasteiger partial charge in [-0.1, -0.05) is 44.2 Å². The van der Waals surface area contributed by atoms with E-state index in [1.54, 1.807) is 0 Å². The number of nitrogens with one attached hydrogen (secondary N) is 1. The van der Waals surface area contributed by atoms with Gasteiger partial charge in [0.05, 0.1) is 0 Å². The summed E-state index contributed by atoms with van der Waals surface area (Å²) in [4.78, 5) is 0. The molecule has 1 unspecified atom stereocenters. The van der Waals surface area contributed by atoms with E-state index in [1.165, 1.54) is 12.0 Å². The molecule has 0 radical (unpaired) electrons. The summed E-state index contributed by atoms with van der Waals surface area (Å²) >= 11 is 0. The zero-order valence-corrected chi connectivity index (χ0v) is 11.8. The summed E-state index contributed by atoms with van der Waals surface area (Å²) in [6.45, 7) is 7.20. The van der Waals surface area contributed by atoms with Gasteiger partial charge in [-0.3, -0.25) is 0 Å². The average molecular weight is 249 g/mol. The molecule has 2 nitrogen and oxygen atoms in total. The molecule has 0 aromatic heterocycles. The molecular weight excluding hydrogens is 222 g/mol. The highest BCUT2D eigenvalue weighted by molar-refractivity contribution is 5.18. The second-order valence-corrected chi connectivity index (χ2v) is 4.67. The first-order chi connectivity index (χ1) is 8.88. The van der Waals surface area contributed by atoms with E-state index in [-0.39, 0.29) is 0 Å². The van der Waals surface area contributed by atoms with Crippen LogP contribution in [0.1, 0.15) is 51.1 Å². The molecule has 1 atom stereocenters. The van der Waals surface area contributed by atoms with Crippen LogP contribution in [-0.2, 0) is 4.74 Å². The third kappa shape index (κ3) is 6.18. The SMILES string of the molecule is CCCNC(CCCOCCC)c1ccccc1. The fraction of sp³-hybridized carbons (Fsp3) is 0.625. The lowest BCUT2D eigenvalue weighted by atomic mass is 10.0. The van der Waals surface area contributed by atoms with Crippen LogP contribution < -0.4 is 5.32 Å². The summed E-state index contributed by atoms with van der Waals surface area (Å²) in [6.07, 6.45) is 4.55. The van der Waals surface area contributed by atoms with Gasteiger partial charge in [-0.2, -0.15) is 0 Å². The van der Waals surface area contributed by atoms with Gasteiger partial charge in [0.2, 0.25) is 0 Å². The van der Waals surface area contributed by atoms with Crippen molar-refractivity contribution in [2.75, 3.05) is 19.8 Å². The number of benzene rings is 1. The highest BCUT2D eigenvalue weighted by Gasteiger charge is 2.09. The van der Waals surface area contributed by atoms with E-state index in [0.717, 1.165) is 39.0 Å². The van der Waals surface area contributed by atoms with Crippen molar-refractivity contribution in [1.29, 1.82) is 0 Å². The molecule has 0 fully saturated rings. The first kappa shape index (κ1) is 15.2. The average Bonchev–Trinajstić information content (AvgIpc) is 2.43. The molecule has 0 aliphatic carbocycles. The largest absolute Gasteiger partial charge is 0.381 e. The van der Waals surface area contributed by atoms with E-state index < -0.39 is 0 Å². The zero-order chi connectivity index (χ0) is 13.1. The molecule has 0 amide bonds. The zero-order valence-electron chi connectivity index (χ0n) is 11.8. The van der Waals surface area contributed by atoms with Crippen molar-refractivity contribution in [1.82, 2.24) is 5.32 Å². The topological polar surface area (TPSA) is 21.3 Å². The lowest BCUT2D eigenvalue weighted by molar-refractivity contribution is 0.128. The van der Waals surface area contributed by atoms with Crippen LogP contribution in [0.5, 0.6) is 0 Å². The Morgan fingerprint density at radius 3 is 2.50 bits per heavy atom. The Hall–Kier alpha value is -0.860. The normalized spacial score (nSPS) is 12.6. The number of hydrogen-bond donors (Lipinski definition) is 1. The van der Waals surface area contributed by atoms with Crippen LogP contribution in [0, 0.1) is 0 Å². The molecule has 0 spiro atoms. The predicted octanol–water partition coefficient (Wildman–Crippen LogP) is 3.93. The third-order valence-electron chi connectivity index (χ3n) is 2.97. The van der Waals surface area contributed by atoms with Crippen LogP contribution in [-0.4, -0.2) is 19.8 Å². The van der Waals surface area contributed by atoms with Crippen LogP contribution in [0.3, 0.4) is 0 Å². The second kappa shape index (κ2) is 10.1. The lowest BCUT2D eigenvalue weighted by Gasteiger charge is -2.19. The molecule has 1 N–H and O–H groups in total. The van der Waals surface area contributed by atoms with Crippen molar-refractivity contribution >= 4 is 0 Å². The fourth-order valence-corrected chi connectivity index (χ4v) is 2.03. The summed E-state index contributed by atoms with van der Waals surface area (Å²) < 4.78 is 5.55. The van der Waals surface area contributed by atoms with Crippen molar-refractivity contribution in [3.63, 3.8) is 0 Å². The fourth-order valence-electron chi connectivity index (χ4n) is 2.03. The molecule has 2 heteroatoms. The number of hydrogen-bond acceptors (Lipinski definition) is 2. The van der Waals surface area contributed by atoms with E-state index in [1.807, 2.05) is 0 Å². The van der Waals surface area contributed by atoms with E-state index in [4.69, 9.17) is 4.74 Å². The van der Waals surface area contributed by atoms with Gasteiger partial charge < -0.3 is 10.1 Å². The molecule has 1 aromatic carbocycles. The molecule has 0 aliphatic rings. The lowest BCUT2D eigenvalue weighted by Crippen LogP contribution is -2.22. The van der Waals surface area contributed by atoms with Crippen LogP contribution in [0.4, 0.5) is 0 Å². The maximum atomic E-state index is 5.55. The molecule has 1 aromatic rings. The molecule has 18 heavy (non-hydrogen) atoms. The van der Waals surface area contributed by atoms with Gasteiger partial charge in [0, 0.05) is 19.3 Å². The number of ether oxygens (including phenoxy) is 1. The Kier molecular flexibility index (Phi) is 8.53. The minimum Gasteiger partial charge on any atom is -0.381 e. The molecular formula is C16H27NO. The molecule has 1 rings (SSSR count). The van der Waals surface area contributed by atoms with E-state index in [9.17, 15) is 0 Å². The van der Waals surface area contributed by atoms with Crippen LogP contribution >= 0.6 is 0 Å². The van der Waals surface area contributed by atoms with Gasteiger partial charge in [-0.05, 0) is 37.8 Å². The van der Waals surface area contributed by atoms with Gasteiger partial charge in [0.15, 0.2) is 0 Å². The minimum absolute atomic E-state index is 0.469. The smallest absolute Gasteiger partial charge is 0.0466 e. The first-order valence-electron chi connectivity index (χ1n) is 7.24. The monoisotopic (exact) mass is 249 g/mol. The molecule has 0 saturated carbocycles. The van der Waals surface area contributed by atoms with Crippen molar-refractivity contribution in [2.24, 2.45) is 0 Å². The summed E-state index contributed by atoms with van der Waals surface area (Å²) in [5, 5.41) is 3.62. The predicted molar refractivity (Wildman–Crippen MR) is 77.8 cm³/mol. The van der Waals surface area contributed by atoms with Crippen LogP contribution in [0.15, 0.2) is 30.3 Å². The minimum atomic E-state index is 0.469. The van der Waals surface area contributed by atoms with Gasteiger partial charge in [-0.25, -0.2) is 0 Å². The van der Waals surface area contributed by atoms with E-state index >= 15 is 0 Å². The van der Waals surface area contributed by atoms with Gasteiger partial charge in [0.1, 0.15) is 0 Å². The molecule has 0 saturated heterocycles. The third-order valence-corrected chi connectivity index (χ3v) is 2.97. The van der Waals surface area contributed by atoms with Crippen molar-refractivity contribution in [3.05, 3.63) is 35.9 Å². The Balaban J connectivity index is 2.36. The highest BCUT2D eigenvalue weighted by atomic mass is 16.5. The Bertz CT molecular complexity index is 286. The maximum absolute atomic E-state index is 5.55. The van der Waals surface area contributed by atoms with Gasteiger partial charge >= 0.3 is 0 Å². The summed E-state index contributed by atoms with van der Waals surface area (Å²) in [5.74, 6) is 0. The van der Waals surface area contributed by atoms with Crippen molar-refractivity contribution in [2.45, 2.75) is 45.6 Å². The van der Waals surface area contributed by atoms with E-state index in [2.05, 4.69) is 49.5 Å². The van der Waals surface area contributed by atoms with Crippen LogP contribution in [0.2, 0.25) is 0 Å². The van der Waals surface area contributed by atoms with Crippen LogP contribution in [0.25, 0.3) is 0 Å². The van der Waals surface area contributed by atoms with Crippen molar-refractivity contribution < 1.29 is 4.74 Å². The van der Waals surface area contributed by atoms with Crippen molar-refractivity contribution in [3.8, 4) is 0 Å². The molecule has 102 valence electrons. The molecule has 0 bridgehead atoms. The highest BCUT2D eigenvalue weighted by Crippen LogP contribution is 2.18. The van der Waals surface area contributed by atoms with Gasteiger partial charge in [-0.15, -0.1) is 0 Å². The molecule has 0 heterocycles. The van der Waals surface area contributed by atoms with E-state index in [0.29, 0.717) is 6.04 Å². The first-order valence-corrected chi connectivity index (χ1v) is 7.24. The Labute approximate surface area is 112 Å². The Morgan fingerprint density at radius 2 is 1.83 bits per heavy atom. The second-order valence-electron chi connectivity index (χ2n) is 4.67. The Morgan fingerprint density at radius 1 is 1.06 bits per heavy atom. The summed E-state index contributed by atoms with van der Waals surface area (Å²) in [5.41, 5.74) is 1.39. The summed E-state index contributed by atoms with van der Waals surface area (Å²) in [6, 6.07) is 11.2. The maximum Gasteiger partial charge on any atom is 0.0466 e. The quantitative estimate of drug-likeness (QED) is 0.634. The standard InChI is InChI=1S/C16H27NO/c1-3-12-17-16(11-8-14-18-13-4-2)15-9-6-5-7-10-15/h5-7,9-10,16-17H,3-4,8,11-14H2,1-2H3.